The molecule has 0 fully saturated rings. The van der Waals surface area contributed by atoms with Crippen molar-refractivity contribution in [3.8, 4) is 0 Å². The smallest absolute Gasteiger partial charge is 0.241 e. The van der Waals surface area contributed by atoms with E-state index >= 15 is 0 Å². The van der Waals surface area contributed by atoms with Crippen molar-refractivity contribution in [3.05, 3.63) is 27.7 Å². The third kappa shape index (κ3) is 4.84. The third-order valence-electron chi connectivity index (χ3n) is 2.97. The predicted molar refractivity (Wildman–Crippen MR) is 86.3 cm³/mol. The fourth-order valence-electron chi connectivity index (χ4n) is 1.87. The Hall–Kier alpha value is -0.430. The van der Waals surface area contributed by atoms with Crippen molar-refractivity contribution >= 4 is 26.0 Å². The van der Waals surface area contributed by atoms with Gasteiger partial charge in [-0.3, -0.25) is 0 Å². The minimum Gasteiger partial charge on any atom is -0.316 e. The van der Waals surface area contributed by atoms with Crippen molar-refractivity contribution in [2.45, 2.75) is 38.6 Å². The Labute approximate surface area is 130 Å². The molecule has 0 heterocycles. The van der Waals surface area contributed by atoms with Crippen LogP contribution in [0.3, 0.4) is 0 Å². The fraction of sp³-hybridized carbons (Fsp3) is 0.571. The van der Waals surface area contributed by atoms with Crippen LogP contribution in [0.1, 0.15) is 31.4 Å². The number of benzene rings is 1. The molecule has 114 valence electrons. The van der Waals surface area contributed by atoms with Crippen LogP contribution in [0.5, 0.6) is 0 Å². The van der Waals surface area contributed by atoms with Gasteiger partial charge in [-0.05, 0) is 59.4 Å². The SMILES string of the molecule is CNCc1cc(C)c(Br)c(S(=O)(=O)NCCC(C)C)c1. The number of rotatable bonds is 7. The molecule has 0 aliphatic rings. The van der Waals surface area contributed by atoms with Gasteiger partial charge in [-0.2, -0.15) is 0 Å². The first kappa shape index (κ1) is 17.6. The summed E-state index contributed by atoms with van der Waals surface area (Å²) in [5.41, 5.74) is 1.87. The second-order valence-corrected chi connectivity index (χ2v) is 7.86. The van der Waals surface area contributed by atoms with E-state index < -0.39 is 10.0 Å². The van der Waals surface area contributed by atoms with Gasteiger partial charge in [0.05, 0.1) is 4.90 Å². The molecule has 0 atom stereocenters. The minimum absolute atomic E-state index is 0.312. The highest BCUT2D eigenvalue weighted by Gasteiger charge is 2.19. The highest BCUT2D eigenvalue weighted by molar-refractivity contribution is 9.10. The topological polar surface area (TPSA) is 58.2 Å². The van der Waals surface area contributed by atoms with Crippen LogP contribution >= 0.6 is 15.9 Å². The maximum Gasteiger partial charge on any atom is 0.241 e. The van der Waals surface area contributed by atoms with E-state index in [1.54, 1.807) is 6.07 Å². The predicted octanol–water partition coefficient (Wildman–Crippen LogP) is 2.80. The zero-order valence-corrected chi connectivity index (χ0v) is 14.9. The average Bonchev–Trinajstić information content (AvgIpc) is 2.33. The summed E-state index contributed by atoms with van der Waals surface area (Å²) < 4.78 is 28.1. The molecule has 0 unspecified atom stereocenters. The Morgan fingerprint density at radius 1 is 1.30 bits per heavy atom. The maximum atomic E-state index is 12.4. The lowest BCUT2D eigenvalue weighted by Gasteiger charge is -2.13. The van der Waals surface area contributed by atoms with Gasteiger partial charge in [0.15, 0.2) is 0 Å². The van der Waals surface area contributed by atoms with Crippen molar-refractivity contribution in [2.75, 3.05) is 13.6 Å². The van der Waals surface area contributed by atoms with Gasteiger partial charge in [-0.1, -0.05) is 19.9 Å². The number of aryl methyl sites for hydroxylation is 1. The van der Waals surface area contributed by atoms with Crippen LogP contribution in [-0.2, 0) is 16.6 Å². The van der Waals surface area contributed by atoms with Gasteiger partial charge >= 0.3 is 0 Å². The van der Waals surface area contributed by atoms with Gasteiger partial charge in [-0.25, -0.2) is 13.1 Å². The molecule has 0 bridgehead atoms. The van der Waals surface area contributed by atoms with Gasteiger partial charge in [0, 0.05) is 17.6 Å². The quantitative estimate of drug-likeness (QED) is 0.783. The van der Waals surface area contributed by atoms with Crippen molar-refractivity contribution in [3.63, 3.8) is 0 Å². The number of sulfonamides is 1. The first-order chi connectivity index (χ1) is 9.27. The van der Waals surface area contributed by atoms with E-state index in [4.69, 9.17) is 0 Å². The molecule has 0 radical (unpaired) electrons. The zero-order chi connectivity index (χ0) is 15.3. The van der Waals surface area contributed by atoms with E-state index in [0.29, 0.717) is 28.4 Å². The molecule has 1 rings (SSSR count). The standard InChI is InChI=1S/C14H23BrN2O2S/c1-10(2)5-6-17-20(18,19)13-8-12(9-16-4)7-11(3)14(13)15/h7-8,10,16-17H,5-6,9H2,1-4H3. The highest BCUT2D eigenvalue weighted by atomic mass is 79.9. The summed E-state index contributed by atoms with van der Waals surface area (Å²) in [6.07, 6.45) is 0.825. The Morgan fingerprint density at radius 3 is 2.50 bits per heavy atom. The molecule has 2 N–H and O–H groups in total. The van der Waals surface area contributed by atoms with E-state index in [9.17, 15) is 8.42 Å². The summed E-state index contributed by atoms with van der Waals surface area (Å²) in [5, 5.41) is 3.04. The van der Waals surface area contributed by atoms with E-state index in [2.05, 4.69) is 39.8 Å². The lowest BCUT2D eigenvalue weighted by molar-refractivity contribution is 0.551. The highest BCUT2D eigenvalue weighted by Crippen LogP contribution is 2.27. The van der Waals surface area contributed by atoms with Crippen LogP contribution in [0, 0.1) is 12.8 Å². The summed E-state index contributed by atoms with van der Waals surface area (Å²) in [7, 11) is -1.63. The molecule has 0 aliphatic carbocycles. The normalized spacial score (nSPS) is 12.1. The van der Waals surface area contributed by atoms with E-state index in [0.717, 1.165) is 17.5 Å². The van der Waals surface area contributed by atoms with Crippen molar-refractivity contribution in [2.24, 2.45) is 5.92 Å². The fourth-order valence-corrected chi connectivity index (χ4v) is 3.98. The molecule has 0 saturated heterocycles. The Kier molecular flexibility index (Phi) is 6.64. The molecular formula is C14H23BrN2O2S. The Morgan fingerprint density at radius 2 is 1.95 bits per heavy atom. The molecule has 4 nitrogen and oxygen atoms in total. The summed E-state index contributed by atoms with van der Waals surface area (Å²) >= 11 is 3.38. The van der Waals surface area contributed by atoms with Crippen LogP contribution in [0.2, 0.25) is 0 Å². The number of hydrogen-bond donors (Lipinski definition) is 2. The average molecular weight is 363 g/mol. The van der Waals surface area contributed by atoms with Gasteiger partial charge in [0.1, 0.15) is 0 Å². The summed E-state index contributed by atoms with van der Waals surface area (Å²) in [6, 6.07) is 3.69. The maximum absolute atomic E-state index is 12.4. The van der Waals surface area contributed by atoms with Crippen LogP contribution in [0.25, 0.3) is 0 Å². The molecule has 1 aromatic carbocycles. The van der Waals surface area contributed by atoms with Crippen LogP contribution in [0.15, 0.2) is 21.5 Å². The van der Waals surface area contributed by atoms with E-state index in [1.165, 1.54) is 0 Å². The Balaban J connectivity index is 3.04. The van der Waals surface area contributed by atoms with E-state index in [-0.39, 0.29) is 0 Å². The molecular weight excluding hydrogens is 340 g/mol. The second-order valence-electron chi connectivity index (χ2n) is 5.34. The lowest BCUT2D eigenvalue weighted by Crippen LogP contribution is -2.26. The first-order valence-electron chi connectivity index (χ1n) is 6.71. The monoisotopic (exact) mass is 362 g/mol. The summed E-state index contributed by atoms with van der Waals surface area (Å²) in [4.78, 5) is 0.312. The van der Waals surface area contributed by atoms with Gasteiger partial charge in [0.2, 0.25) is 10.0 Å². The Bertz CT molecular complexity index is 557. The van der Waals surface area contributed by atoms with Crippen LogP contribution in [-0.4, -0.2) is 22.0 Å². The van der Waals surface area contributed by atoms with Crippen molar-refractivity contribution in [1.29, 1.82) is 0 Å². The molecule has 0 aromatic heterocycles. The number of halogens is 1. The zero-order valence-electron chi connectivity index (χ0n) is 12.5. The van der Waals surface area contributed by atoms with E-state index in [1.807, 2.05) is 20.0 Å². The second kappa shape index (κ2) is 7.54. The van der Waals surface area contributed by atoms with Crippen molar-refractivity contribution in [1.82, 2.24) is 10.0 Å². The molecule has 0 amide bonds. The van der Waals surface area contributed by atoms with Crippen LogP contribution in [0.4, 0.5) is 0 Å². The lowest BCUT2D eigenvalue weighted by atomic mass is 10.1. The summed E-state index contributed by atoms with van der Waals surface area (Å²) in [5.74, 6) is 0.471. The van der Waals surface area contributed by atoms with Gasteiger partial charge in [0.25, 0.3) is 0 Å². The largest absolute Gasteiger partial charge is 0.316 e. The summed E-state index contributed by atoms with van der Waals surface area (Å²) in [6.45, 7) is 7.14. The first-order valence-corrected chi connectivity index (χ1v) is 8.99. The molecule has 1 aromatic rings. The third-order valence-corrected chi connectivity index (χ3v) is 5.77. The van der Waals surface area contributed by atoms with Crippen LogP contribution < -0.4 is 10.0 Å². The molecule has 0 saturated carbocycles. The number of nitrogens with one attached hydrogen (secondary N) is 2. The van der Waals surface area contributed by atoms with Crippen molar-refractivity contribution < 1.29 is 8.42 Å². The minimum atomic E-state index is -3.47. The molecule has 0 aliphatic heterocycles. The molecule has 6 heteroatoms. The number of hydrogen-bond acceptors (Lipinski definition) is 3. The molecule has 0 spiro atoms. The van der Waals surface area contributed by atoms with Gasteiger partial charge < -0.3 is 5.32 Å². The molecule has 20 heavy (non-hydrogen) atoms. The van der Waals surface area contributed by atoms with Gasteiger partial charge in [-0.15, -0.1) is 0 Å².